The minimum Gasteiger partial charge on any atom is -0.477 e. The SMILES string of the molecule is O=C(O)c1cncnc1NC1CCN2CCCCC12. The number of aromatic carboxylic acids is 1. The van der Waals surface area contributed by atoms with Gasteiger partial charge in [-0.15, -0.1) is 0 Å². The molecule has 102 valence electrons. The fourth-order valence-electron chi connectivity index (χ4n) is 3.19. The summed E-state index contributed by atoms with van der Waals surface area (Å²) in [4.78, 5) is 21.5. The molecule has 3 rings (SSSR count). The van der Waals surface area contributed by atoms with Gasteiger partial charge < -0.3 is 10.4 Å². The van der Waals surface area contributed by atoms with Crippen molar-refractivity contribution in [1.29, 1.82) is 0 Å². The van der Waals surface area contributed by atoms with Crippen LogP contribution in [0.5, 0.6) is 0 Å². The van der Waals surface area contributed by atoms with Crippen molar-refractivity contribution in [2.75, 3.05) is 18.4 Å². The average molecular weight is 262 g/mol. The molecule has 1 aromatic heterocycles. The molecule has 19 heavy (non-hydrogen) atoms. The van der Waals surface area contributed by atoms with Crippen LogP contribution in [-0.2, 0) is 0 Å². The predicted molar refractivity (Wildman–Crippen MR) is 70.2 cm³/mol. The maximum Gasteiger partial charge on any atom is 0.341 e. The summed E-state index contributed by atoms with van der Waals surface area (Å²) in [6.07, 6.45) is 7.51. The second-order valence-corrected chi connectivity index (χ2v) is 5.23. The second-order valence-electron chi connectivity index (χ2n) is 5.23. The molecule has 3 heterocycles. The molecule has 6 nitrogen and oxygen atoms in total. The Balaban J connectivity index is 1.76. The summed E-state index contributed by atoms with van der Waals surface area (Å²) in [6.45, 7) is 2.26. The van der Waals surface area contributed by atoms with Gasteiger partial charge in [0.25, 0.3) is 0 Å². The van der Waals surface area contributed by atoms with Gasteiger partial charge >= 0.3 is 5.97 Å². The van der Waals surface area contributed by atoms with Crippen LogP contribution in [0.2, 0.25) is 0 Å². The summed E-state index contributed by atoms with van der Waals surface area (Å²) in [5.41, 5.74) is 0.150. The standard InChI is InChI=1S/C13H18N4O2/c18-13(19)9-7-14-8-15-12(9)16-10-4-6-17-5-2-1-3-11(10)17/h7-8,10-11H,1-6H2,(H,18,19)(H,14,15,16). The molecule has 0 aliphatic carbocycles. The van der Waals surface area contributed by atoms with Gasteiger partial charge in [-0.3, -0.25) is 4.90 Å². The first-order valence-electron chi connectivity index (χ1n) is 6.79. The van der Waals surface area contributed by atoms with E-state index in [1.807, 2.05) is 0 Å². The lowest BCUT2D eigenvalue weighted by atomic mass is 9.99. The molecule has 0 aromatic carbocycles. The van der Waals surface area contributed by atoms with Crippen LogP contribution in [0.15, 0.2) is 12.5 Å². The van der Waals surface area contributed by atoms with Gasteiger partial charge in [0.1, 0.15) is 17.7 Å². The van der Waals surface area contributed by atoms with Crippen LogP contribution in [0.25, 0.3) is 0 Å². The van der Waals surface area contributed by atoms with E-state index >= 15 is 0 Å². The van der Waals surface area contributed by atoms with Gasteiger partial charge in [-0.05, 0) is 25.8 Å². The number of hydrogen-bond acceptors (Lipinski definition) is 5. The first-order valence-corrected chi connectivity index (χ1v) is 6.79. The van der Waals surface area contributed by atoms with E-state index in [1.165, 1.54) is 38.3 Å². The number of anilines is 1. The second kappa shape index (κ2) is 5.13. The zero-order chi connectivity index (χ0) is 13.2. The van der Waals surface area contributed by atoms with Crippen molar-refractivity contribution in [3.8, 4) is 0 Å². The van der Waals surface area contributed by atoms with E-state index < -0.39 is 5.97 Å². The highest BCUT2D eigenvalue weighted by Gasteiger charge is 2.36. The van der Waals surface area contributed by atoms with E-state index in [0.717, 1.165) is 13.0 Å². The fourth-order valence-corrected chi connectivity index (χ4v) is 3.19. The third-order valence-electron chi connectivity index (χ3n) is 4.12. The monoisotopic (exact) mass is 262 g/mol. The number of carboxylic acid groups (broad SMARTS) is 1. The van der Waals surface area contributed by atoms with E-state index in [-0.39, 0.29) is 5.56 Å². The Morgan fingerprint density at radius 3 is 3.11 bits per heavy atom. The van der Waals surface area contributed by atoms with Crippen LogP contribution in [0.1, 0.15) is 36.0 Å². The van der Waals surface area contributed by atoms with Crippen molar-refractivity contribution >= 4 is 11.8 Å². The fraction of sp³-hybridized carbons (Fsp3) is 0.615. The lowest BCUT2D eigenvalue weighted by Gasteiger charge is -2.32. The lowest BCUT2D eigenvalue weighted by Crippen LogP contribution is -2.42. The Labute approximate surface area is 111 Å². The van der Waals surface area contributed by atoms with E-state index in [4.69, 9.17) is 5.11 Å². The summed E-state index contributed by atoms with van der Waals surface area (Å²) in [7, 11) is 0. The Bertz CT molecular complexity index is 479. The van der Waals surface area contributed by atoms with Crippen molar-refractivity contribution < 1.29 is 9.90 Å². The van der Waals surface area contributed by atoms with Gasteiger partial charge in [-0.2, -0.15) is 0 Å². The average Bonchev–Trinajstić information content (AvgIpc) is 2.83. The van der Waals surface area contributed by atoms with E-state index in [2.05, 4.69) is 20.2 Å². The molecular weight excluding hydrogens is 244 g/mol. The molecule has 0 saturated carbocycles. The quantitative estimate of drug-likeness (QED) is 0.852. The van der Waals surface area contributed by atoms with Gasteiger partial charge in [0.15, 0.2) is 0 Å². The number of carboxylic acids is 1. The van der Waals surface area contributed by atoms with Crippen LogP contribution in [-0.4, -0.2) is 51.1 Å². The van der Waals surface area contributed by atoms with E-state index in [1.54, 1.807) is 0 Å². The van der Waals surface area contributed by atoms with Crippen LogP contribution in [0.4, 0.5) is 5.82 Å². The highest BCUT2D eigenvalue weighted by molar-refractivity contribution is 5.92. The zero-order valence-electron chi connectivity index (χ0n) is 10.7. The molecule has 2 saturated heterocycles. The third-order valence-corrected chi connectivity index (χ3v) is 4.12. The molecular formula is C13H18N4O2. The molecule has 2 fully saturated rings. The molecule has 1 aromatic rings. The van der Waals surface area contributed by atoms with E-state index in [9.17, 15) is 4.79 Å². The highest BCUT2D eigenvalue weighted by Crippen LogP contribution is 2.29. The number of piperidine rings is 1. The molecule has 0 amide bonds. The lowest BCUT2D eigenvalue weighted by molar-refractivity contribution is 0.0697. The summed E-state index contributed by atoms with van der Waals surface area (Å²) in [5, 5.41) is 12.5. The Hall–Kier alpha value is -1.69. The topological polar surface area (TPSA) is 78.3 Å². The predicted octanol–water partition coefficient (Wildman–Crippen LogP) is 1.21. The van der Waals surface area contributed by atoms with Crippen LogP contribution in [0.3, 0.4) is 0 Å². The molecule has 2 aliphatic rings. The zero-order valence-corrected chi connectivity index (χ0v) is 10.7. The highest BCUT2D eigenvalue weighted by atomic mass is 16.4. The molecule has 0 radical (unpaired) electrons. The number of nitrogens with one attached hydrogen (secondary N) is 1. The Morgan fingerprint density at radius 2 is 2.26 bits per heavy atom. The van der Waals surface area contributed by atoms with Gasteiger partial charge in [0, 0.05) is 24.8 Å². The summed E-state index contributed by atoms with van der Waals surface area (Å²) in [6, 6.07) is 0.818. The maximum atomic E-state index is 11.1. The van der Waals surface area contributed by atoms with Crippen molar-refractivity contribution in [3.63, 3.8) is 0 Å². The minimum absolute atomic E-state index is 0.150. The molecule has 6 heteroatoms. The van der Waals surface area contributed by atoms with E-state index in [0.29, 0.717) is 17.9 Å². The first-order chi connectivity index (χ1) is 9.25. The normalized spacial score (nSPS) is 26.9. The van der Waals surface area contributed by atoms with Crippen molar-refractivity contribution in [1.82, 2.24) is 14.9 Å². The molecule has 2 unspecified atom stereocenters. The summed E-state index contributed by atoms with van der Waals surface area (Å²) < 4.78 is 0. The molecule has 2 N–H and O–H groups in total. The van der Waals surface area contributed by atoms with Crippen molar-refractivity contribution in [2.45, 2.75) is 37.8 Å². The van der Waals surface area contributed by atoms with Crippen molar-refractivity contribution in [2.24, 2.45) is 0 Å². The Morgan fingerprint density at radius 1 is 1.37 bits per heavy atom. The van der Waals surface area contributed by atoms with Gasteiger partial charge in [-0.1, -0.05) is 6.42 Å². The van der Waals surface area contributed by atoms with Crippen molar-refractivity contribution in [3.05, 3.63) is 18.1 Å². The first kappa shape index (κ1) is 12.3. The number of hydrogen-bond donors (Lipinski definition) is 2. The smallest absolute Gasteiger partial charge is 0.341 e. The maximum absolute atomic E-state index is 11.1. The van der Waals surface area contributed by atoms with Gasteiger partial charge in [-0.25, -0.2) is 14.8 Å². The number of fused-ring (bicyclic) bond motifs is 1. The molecule has 2 aliphatic heterocycles. The van der Waals surface area contributed by atoms with Gasteiger partial charge in [0.05, 0.1) is 0 Å². The molecule has 2 atom stereocenters. The van der Waals surface area contributed by atoms with Crippen LogP contribution >= 0.6 is 0 Å². The van der Waals surface area contributed by atoms with Crippen LogP contribution < -0.4 is 5.32 Å². The number of carbonyl (C=O) groups is 1. The number of nitrogens with zero attached hydrogens (tertiary/aromatic N) is 3. The van der Waals surface area contributed by atoms with Crippen LogP contribution in [0, 0.1) is 0 Å². The summed E-state index contributed by atoms with van der Waals surface area (Å²) in [5.74, 6) is -0.540. The molecule has 0 bridgehead atoms. The third kappa shape index (κ3) is 2.40. The molecule has 0 spiro atoms. The summed E-state index contributed by atoms with van der Waals surface area (Å²) >= 11 is 0. The number of aromatic nitrogens is 2. The number of rotatable bonds is 3. The van der Waals surface area contributed by atoms with Gasteiger partial charge in [0.2, 0.25) is 0 Å². The minimum atomic E-state index is -0.985. The largest absolute Gasteiger partial charge is 0.477 e. The Kier molecular flexibility index (Phi) is 3.33.